The summed E-state index contributed by atoms with van der Waals surface area (Å²) in [5.41, 5.74) is 0. The molecule has 3 rings (SSSR count). The summed E-state index contributed by atoms with van der Waals surface area (Å²) in [7, 11) is -3.69. The number of nitrogens with one attached hydrogen (secondary N) is 1. The Hall–Kier alpha value is -2.20. The molecule has 0 bridgehead atoms. The molecule has 0 aliphatic carbocycles. The highest BCUT2D eigenvalue weighted by Gasteiger charge is 2.33. The summed E-state index contributed by atoms with van der Waals surface area (Å²) in [6.07, 6.45) is 1.89. The molecule has 0 radical (unpaired) electrons. The van der Waals surface area contributed by atoms with E-state index in [4.69, 9.17) is 4.74 Å². The molecule has 8 nitrogen and oxygen atoms in total. The van der Waals surface area contributed by atoms with Crippen molar-refractivity contribution in [3.8, 4) is 0 Å². The van der Waals surface area contributed by atoms with Crippen molar-refractivity contribution < 1.29 is 27.1 Å². The van der Waals surface area contributed by atoms with Crippen molar-refractivity contribution in [3.63, 3.8) is 0 Å². The van der Waals surface area contributed by atoms with E-state index in [0.717, 1.165) is 12.1 Å². The Bertz CT molecular complexity index is 846. The summed E-state index contributed by atoms with van der Waals surface area (Å²) < 4.78 is 44.8. The van der Waals surface area contributed by atoms with Crippen molar-refractivity contribution in [3.05, 3.63) is 30.1 Å². The number of sulfonamides is 1. The molecule has 10 heteroatoms. The molecule has 1 aromatic carbocycles. The summed E-state index contributed by atoms with van der Waals surface area (Å²) in [6.45, 7) is 3.68. The van der Waals surface area contributed by atoms with Crippen LogP contribution in [0.3, 0.4) is 0 Å². The zero-order valence-electron chi connectivity index (χ0n) is 17.0. The van der Waals surface area contributed by atoms with Gasteiger partial charge in [0, 0.05) is 38.1 Å². The fourth-order valence-corrected chi connectivity index (χ4v) is 5.32. The molecule has 0 aromatic heterocycles. The number of halogens is 1. The van der Waals surface area contributed by atoms with Crippen molar-refractivity contribution in [1.29, 1.82) is 0 Å². The highest BCUT2D eigenvalue weighted by Crippen LogP contribution is 2.24. The number of carbonyl (C=O) groups excluding carboxylic acids is 2. The molecular weight excluding hydrogens is 413 g/mol. The van der Waals surface area contributed by atoms with Gasteiger partial charge in [0.05, 0.1) is 11.5 Å². The quantitative estimate of drug-likeness (QED) is 0.754. The molecule has 0 saturated carbocycles. The average molecular weight is 442 g/mol. The second-order valence-electron chi connectivity index (χ2n) is 7.60. The number of benzene rings is 1. The van der Waals surface area contributed by atoms with Crippen LogP contribution >= 0.6 is 0 Å². The van der Waals surface area contributed by atoms with Gasteiger partial charge in [-0.3, -0.25) is 4.79 Å². The Morgan fingerprint density at radius 3 is 2.23 bits per heavy atom. The Morgan fingerprint density at radius 1 is 1.07 bits per heavy atom. The van der Waals surface area contributed by atoms with Gasteiger partial charge in [0.25, 0.3) is 0 Å². The third-order valence-corrected chi connectivity index (χ3v) is 7.56. The van der Waals surface area contributed by atoms with Crippen LogP contribution in [-0.4, -0.2) is 68.5 Å². The minimum absolute atomic E-state index is 0.00385. The smallest absolute Gasteiger partial charge is 0.409 e. The van der Waals surface area contributed by atoms with Crippen LogP contribution in [0.5, 0.6) is 0 Å². The fourth-order valence-electron chi connectivity index (χ4n) is 3.85. The van der Waals surface area contributed by atoms with Gasteiger partial charge in [-0.05, 0) is 56.9 Å². The lowest BCUT2D eigenvalue weighted by Gasteiger charge is -2.34. The van der Waals surface area contributed by atoms with E-state index in [1.165, 1.54) is 16.4 Å². The van der Waals surface area contributed by atoms with Crippen molar-refractivity contribution in [1.82, 2.24) is 14.5 Å². The van der Waals surface area contributed by atoms with E-state index in [0.29, 0.717) is 45.4 Å². The molecular formula is C20H28FN3O5S. The van der Waals surface area contributed by atoms with Crippen LogP contribution in [0, 0.1) is 11.7 Å². The zero-order valence-corrected chi connectivity index (χ0v) is 17.9. The van der Waals surface area contributed by atoms with Crippen LogP contribution in [-0.2, 0) is 19.6 Å². The first-order valence-corrected chi connectivity index (χ1v) is 11.7. The number of carbonyl (C=O) groups is 2. The second-order valence-corrected chi connectivity index (χ2v) is 9.54. The second kappa shape index (κ2) is 9.74. The molecule has 30 heavy (non-hydrogen) atoms. The molecule has 0 spiro atoms. The minimum atomic E-state index is -3.69. The Kier molecular flexibility index (Phi) is 7.30. The standard InChI is InChI=1S/C20H28FN3O5S/c1-2-29-20(26)23-11-9-17(10-12-23)22-19(25)15-7-13-24(14-8-15)30(27,28)18-5-3-16(21)4-6-18/h3-6,15,17H,2,7-14H2,1H3,(H,22,25). The van der Waals surface area contributed by atoms with Crippen LogP contribution in [0.15, 0.2) is 29.2 Å². The van der Waals surface area contributed by atoms with Gasteiger partial charge in [-0.15, -0.1) is 0 Å². The lowest BCUT2D eigenvalue weighted by Crippen LogP contribution is -2.49. The van der Waals surface area contributed by atoms with E-state index < -0.39 is 15.8 Å². The molecule has 1 N–H and O–H groups in total. The molecule has 2 heterocycles. The number of hydrogen-bond donors (Lipinski definition) is 1. The maximum atomic E-state index is 13.1. The summed E-state index contributed by atoms with van der Waals surface area (Å²) in [6, 6.07) is 4.77. The lowest BCUT2D eigenvalue weighted by atomic mass is 9.96. The van der Waals surface area contributed by atoms with Crippen LogP contribution in [0.2, 0.25) is 0 Å². The molecule has 1 aromatic rings. The number of amides is 2. The lowest BCUT2D eigenvalue weighted by molar-refractivity contribution is -0.127. The first kappa shape index (κ1) is 22.5. The van der Waals surface area contributed by atoms with E-state index >= 15 is 0 Å². The maximum Gasteiger partial charge on any atom is 0.409 e. The SMILES string of the molecule is CCOC(=O)N1CCC(NC(=O)C2CCN(S(=O)(=O)c3ccc(F)cc3)CC2)CC1. The van der Waals surface area contributed by atoms with Gasteiger partial charge in [-0.1, -0.05) is 0 Å². The van der Waals surface area contributed by atoms with Gasteiger partial charge >= 0.3 is 6.09 Å². The van der Waals surface area contributed by atoms with Crippen LogP contribution < -0.4 is 5.32 Å². The number of likely N-dealkylation sites (tertiary alicyclic amines) is 1. The van der Waals surface area contributed by atoms with E-state index in [1.807, 2.05) is 0 Å². The maximum absolute atomic E-state index is 13.1. The number of ether oxygens (including phenoxy) is 1. The van der Waals surface area contributed by atoms with Crippen LogP contribution in [0.25, 0.3) is 0 Å². The van der Waals surface area contributed by atoms with Crippen molar-refractivity contribution in [2.75, 3.05) is 32.8 Å². The van der Waals surface area contributed by atoms with Crippen molar-refractivity contribution in [2.45, 2.75) is 43.5 Å². The van der Waals surface area contributed by atoms with E-state index in [9.17, 15) is 22.4 Å². The molecule has 2 fully saturated rings. The summed E-state index contributed by atoms with van der Waals surface area (Å²) in [5, 5.41) is 3.04. The molecule has 2 amide bonds. The van der Waals surface area contributed by atoms with E-state index in [-0.39, 0.29) is 41.9 Å². The van der Waals surface area contributed by atoms with Gasteiger partial charge < -0.3 is 15.0 Å². The Balaban J connectivity index is 1.46. The predicted octanol–water partition coefficient (Wildman–Crippen LogP) is 1.96. The Labute approximate surface area is 176 Å². The summed E-state index contributed by atoms with van der Waals surface area (Å²) >= 11 is 0. The normalized spacial score (nSPS) is 19.5. The summed E-state index contributed by atoms with van der Waals surface area (Å²) in [5.74, 6) is -0.798. The van der Waals surface area contributed by atoms with Gasteiger partial charge in [0.1, 0.15) is 5.82 Å². The topological polar surface area (TPSA) is 96.0 Å². The number of piperidine rings is 2. The first-order valence-electron chi connectivity index (χ1n) is 10.3. The molecule has 2 aliphatic heterocycles. The number of rotatable bonds is 5. The molecule has 2 aliphatic rings. The summed E-state index contributed by atoms with van der Waals surface area (Å²) in [4.78, 5) is 26.1. The Morgan fingerprint density at radius 2 is 1.67 bits per heavy atom. The first-order chi connectivity index (χ1) is 14.3. The average Bonchev–Trinajstić information content (AvgIpc) is 2.75. The van der Waals surface area contributed by atoms with Gasteiger partial charge in [-0.2, -0.15) is 4.31 Å². The van der Waals surface area contributed by atoms with Gasteiger partial charge in [-0.25, -0.2) is 17.6 Å². The monoisotopic (exact) mass is 441 g/mol. The largest absolute Gasteiger partial charge is 0.450 e. The molecule has 2 saturated heterocycles. The number of hydrogen-bond acceptors (Lipinski definition) is 5. The minimum Gasteiger partial charge on any atom is -0.450 e. The van der Waals surface area contributed by atoms with Crippen LogP contribution in [0.1, 0.15) is 32.6 Å². The van der Waals surface area contributed by atoms with Gasteiger partial charge in [0.15, 0.2) is 0 Å². The zero-order chi connectivity index (χ0) is 21.7. The van der Waals surface area contributed by atoms with Crippen molar-refractivity contribution >= 4 is 22.0 Å². The van der Waals surface area contributed by atoms with Crippen molar-refractivity contribution in [2.24, 2.45) is 5.92 Å². The molecule has 166 valence electrons. The number of nitrogens with zero attached hydrogens (tertiary/aromatic N) is 2. The van der Waals surface area contributed by atoms with E-state index in [1.54, 1.807) is 11.8 Å². The van der Waals surface area contributed by atoms with Gasteiger partial charge in [0.2, 0.25) is 15.9 Å². The predicted molar refractivity (Wildman–Crippen MR) is 108 cm³/mol. The van der Waals surface area contributed by atoms with Crippen LogP contribution in [0.4, 0.5) is 9.18 Å². The highest BCUT2D eigenvalue weighted by molar-refractivity contribution is 7.89. The molecule has 0 atom stereocenters. The molecule has 0 unspecified atom stereocenters. The van der Waals surface area contributed by atoms with E-state index in [2.05, 4.69) is 5.32 Å². The fraction of sp³-hybridized carbons (Fsp3) is 0.600. The third-order valence-electron chi connectivity index (χ3n) is 5.64. The highest BCUT2D eigenvalue weighted by atomic mass is 32.2. The third kappa shape index (κ3) is 5.28.